The van der Waals surface area contributed by atoms with Gasteiger partial charge in [0.15, 0.2) is 0 Å². The van der Waals surface area contributed by atoms with Gasteiger partial charge in [-0.3, -0.25) is 4.79 Å². The molecule has 0 bridgehead atoms. The van der Waals surface area contributed by atoms with E-state index in [0.717, 1.165) is 41.9 Å². The second-order valence-electron chi connectivity index (χ2n) is 7.01. The fourth-order valence-electron chi connectivity index (χ4n) is 4.23. The lowest BCUT2D eigenvalue weighted by Gasteiger charge is -2.41. The molecule has 1 aliphatic heterocycles. The molecule has 2 fully saturated rings. The maximum Gasteiger partial charge on any atom is 0.222 e. The molecule has 1 saturated heterocycles. The van der Waals surface area contributed by atoms with Crippen molar-refractivity contribution >= 4 is 27.5 Å². The standard InChI is InChI=1S/C19H24N2OS/c22-19(21-12-11-14-5-1-2-6-15(14)13-21)10-9-18-20-16-7-3-4-8-17(16)23-18/h3-4,7-8,14-15H,1-2,5-6,9-13H2/t14-,15+/m1/s1. The first-order valence-corrected chi connectivity index (χ1v) is 9.73. The number of carbonyl (C=O) groups is 1. The number of amides is 1. The zero-order valence-corrected chi connectivity index (χ0v) is 14.4. The second-order valence-corrected chi connectivity index (χ2v) is 8.12. The van der Waals surface area contributed by atoms with E-state index in [9.17, 15) is 4.79 Å². The summed E-state index contributed by atoms with van der Waals surface area (Å²) in [6, 6.07) is 8.21. The van der Waals surface area contributed by atoms with Gasteiger partial charge in [-0.1, -0.05) is 31.4 Å². The maximum absolute atomic E-state index is 12.6. The van der Waals surface area contributed by atoms with Crippen molar-refractivity contribution in [2.75, 3.05) is 13.1 Å². The van der Waals surface area contributed by atoms with Crippen molar-refractivity contribution in [2.24, 2.45) is 11.8 Å². The van der Waals surface area contributed by atoms with Crippen LogP contribution in [-0.4, -0.2) is 28.9 Å². The number of fused-ring (bicyclic) bond motifs is 2. The third-order valence-corrected chi connectivity index (χ3v) is 6.63. The minimum atomic E-state index is 0.327. The molecule has 2 atom stereocenters. The molecule has 3 nitrogen and oxygen atoms in total. The Labute approximate surface area is 141 Å². The SMILES string of the molecule is O=C(CCc1nc2ccccc2s1)N1CC[C@H]2CCCC[C@H]2C1. The molecule has 23 heavy (non-hydrogen) atoms. The molecule has 0 N–H and O–H groups in total. The minimum Gasteiger partial charge on any atom is -0.342 e. The molecule has 1 amide bonds. The van der Waals surface area contributed by atoms with E-state index >= 15 is 0 Å². The number of aromatic nitrogens is 1. The van der Waals surface area contributed by atoms with Crippen LogP contribution in [0, 0.1) is 11.8 Å². The average Bonchev–Trinajstić information content (AvgIpc) is 3.02. The Morgan fingerprint density at radius 2 is 2.00 bits per heavy atom. The number of hydrogen-bond donors (Lipinski definition) is 0. The second kappa shape index (κ2) is 6.60. The van der Waals surface area contributed by atoms with Crippen LogP contribution in [0.5, 0.6) is 0 Å². The number of carbonyl (C=O) groups excluding carboxylic acids is 1. The number of nitrogens with zero attached hydrogens (tertiary/aromatic N) is 2. The van der Waals surface area contributed by atoms with Crippen LogP contribution in [0.25, 0.3) is 10.2 Å². The lowest BCUT2D eigenvalue weighted by atomic mass is 9.75. The number of para-hydroxylation sites is 1. The predicted molar refractivity (Wildman–Crippen MR) is 94.6 cm³/mol. The Bertz CT molecular complexity index is 662. The van der Waals surface area contributed by atoms with Gasteiger partial charge in [-0.15, -0.1) is 11.3 Å². The van der Waals surface area contributed by atoms with Gasteiger partial charge in [-0.25, -0.2) is 4.98 Å². The van der Waals surface area contributed by atoms with Crippen molar-refractivity contribution in [3.8, 4) is 0 Å². The molecule has 2 heterocycles. The van der Waals surface area contributed by atoms with Crippen molar-refractivity contribution in [2.45, 2.75) is 44.9 Å². The Balaban J connectivity index is 1.34. The number of thiazole rings is 1. The molecule has 2 aliphatic rings. The molecule has 4 rings (SSSR count). The molecule has 4 heteroatoms. The summed E-state index contributed by atoms with van der Waals surface area (Å²) < 4.78 is 1.22. The molecule has 0 radical (unpaired) electrons. The average molecular weight is 328 g/mol. The molecule has 122 valence electrons. The van der Waals surface area contributed by atoms with Crippen molar-refractivity contribution in [1.82, 2.24) is 9.88 Å². The Morgan fingerprint density at radius 1 is 1.17 bits per heavy atom. The molecule has 1 aromatic heterocycles. The van der Waals surface area contributed by atoms with Crippen molar-refractivity contribution < 1.29 is 4.79 Å². The van der Waals surface area contributed by atoms with Gasteiger partial charge >= 0.3 is 0 Å². The third kappa shape index (κ3) is 3.27. The van der Waals surface area contributed by atoms with E-state index < -0.39 is 0 Å². The Hall–Kier alpha value is -1.42. The van der Waals surface area contributed by atoms with Crippen molar-refractivity contribution in [3.05, 3.63) is 29.3 Å². The highest BCUT2D eigenvalue weighted by molar-refractivity contribution is 7.18. The third-order valence-electron chi connectivity index (χ3n) is 5.53. The first kappa shape index (κ1) is 15.1. The first-order chi connectivity index (χ1) is 11.3. The van der Waals surface area contributed by atoms with Gasteiger partial charge in [0.05, 0.1) is 15.2 Å². The molecular formula is C19H24N2OS. The van der Waals surface area contributed by atoms with Crippen LogP contribution in [0.15, 0.2) is 24.3 Å². The van der Waals surface area contributed by atoms with Gasteiger partial charge in [-0.05, 0) is 36.8 Å². The Kier molecular flexibility index (Phi) is 4.34. The van der Waals surface area contributed by atoms with Gasteiger partial charge in [0.25, 0.3) is 0 Å². The molecule has 0 unspecified atom stereocenters. The zero-order valence-electron chi connectivity index (χ0n) is 13.5. The predicted octanol–water partition coefficient (Wildman–Crippen LogP) is 4.27. The summed E-state index contributed by atoms with van der Waals surface area (Å²) in [5.41, 5.74) is 1.06. The fourth-order valence-corrected chi connectivity index (χ4v) is 5.19. The summed E-state index contributed by atoms with van der Waals surface area (Å²) in [6.45, 7) is 1.98. The lowest BCUT2D eigenvalue weighted by molar-refractivity contribution is -0.134. The normalized spacial score (nSPS) is 24.6. The lowest BCUT2D eigenvalue weighted by Crippen LogP contribution is -2.44. The number of likely N-dealkylation sites (tertiary alicyclic amines) is 1. The monoisotopic (exact) mass is 328 g/mol. The molecule has 0 spiro atoms. The van der Waals surface area contributed by atoms with Gasteiger partial charge in [-0.2, -0.15) is 0 Å². The van der Waals surface area contributed by atoms with Crippen LogP contribution in [0.1, 0.15) is 43.5 Å². The fraction of sp³-hybridized carbons (Fsp3) is 0.579. The Morgan fingerprint density at radius 3 is 2.87 bits per heavy atom. The highest BCUT2D eigenvalue weighted by Crippen LogP contribution is 2.36. The summed E-state index contributed by atoms with van der Waals surface area (Å²) >= 11 is 1.72. The molecule has 1 aromatic carbocycles. The van der Waals surface area contributed by atoms with Crippen LogP contribution in [0.4, 0.5) is 0 Å². The van der Waals surface area contributed by atoms with Crippen LogP contribution in [0.3, 0.4) is 0 Å². The zero-order chi connectivity index (χ0) is 15.6. The molecule has 1 saturated carbocycles. The number of rotatable bonds is 3. The van der Waals surface area contributed by atoms with Gasteiger partial charge in [0.2, 0.25) is 5.91 Å². The van der Waals surface area contributed by atoms with Gasteiger partial charge in [0, 0.05) is 25.9 Å². The summed E-state index contributed by atoms with van der Waals surface area (Å²) in [5, 5.41) is 1.09. The van der Waals surface area contributed by atoms with Crippen LogP contribution in [-0.2, 0) is 11.2 Å². The van der Waals surface area contributed by atoms with E-state index in [-0.39, 0.29) is 0 Å². The van der Waals surface area contributed by atoms with Gasteiger partial charge < -0.3 is 4.90 Å². The maximum atomic E-state index is 12.6. The summed E-state index contributed by atoms with van der Waals surface area (Å²) in [5.74, 6) is 1.98. The summed E-state index contributed by atoms with van der Waals surface area (Å²) in [4.78, 5) is 19.3. The van der Waals surface area contributed by atoms with Crippen molar-refractivity contribution in [3.63, 3.8) is 0 Å². The molecular weight excluding hydrogens is 304 g/mol. The smallest absolute Gasteiger partial charge is 0.222 e. The van der Waals surface area contributed by atoms with E-state index in [1.54, 1.807) is 11.3 Å². The highest BCUT2D eigenvalue weighted by atomic mass is 32.1. The molecule has 1 aliphatic carbocycles. The molecule has 2 aromatic rings. The quantitative estimate of drug-likeness (QED) is 0.843. The van der Waals surface area contributed by atoms with E-state index in [1.165, 1.54) is 36.8 Å². The van der Waals surface area contributed by atoms with Crippen molar-refractivity contribution in [1.29, 1.82) is 0 Å². The number of aryl methyl sites for hydroxylation is 1. The van der Waals surface area contributed by atoms with Crippen LogP contribution >= 0.6 is 11.3 Å². The number of hydrogen-bond acceptors (Lipinski definition) is 3. The summed E-state index contributed by atoms with van der Waals surface area (Å²) in [6.07, 6.45) is 8.07. The number of benzene rings is 1. The van der Waals surface area contributed by atoms with E-state index in [1.807, 2.05) is 18.2 Å². The highest BCUT2D eigenvalue weighted by Gasteiger charge is 2.32. The summed E-state index contributed by atoms with van der Waals surface area (Å²) in [7, 11) is 0. The largest absolute Gasteiger partial charge is 0.342 e. The van der Waals surface area contributed by atoms with Crippen LogP contribution in [0.2, 0.25) is 0 Å². The topological polar surface area (TPSA) is 33.2 Å². The number of piperidine rings is 1. The van der Waals surface area contributed by atoms with Gasteiger partial charge in [0.1, 0.15) is 0 Å². The van der Waals surface area contributed by atoms with E-state index in [0.29, 0.717) is 12.3 Å². The van der Waals surface area contributed by atoms with E-state index in [2.05, 4.69) is 16.0 Å². The first-order valence-electron chi connectivity index (χ1n) is 8.92. The minimum absolute atomic E-state index is 0.327. The van der Waals surface area contributed by atoms with Crippen LogP contribution < -0.4 is 0 Å². The van der Waals surface area contributed by atoms with E-state index in [4.69, 9.17) is 0 Å².